The molecule has 0 N–H and O–H groups in total. The molecule has 8 aromatic rings. The maximum Gasteiger partial charge on any atom is 0.266 e. The molecular weight excluding hydrogens is 711 g/mol. The molecular formula is C50H49NO2S2. The van der Waals surface area contributed by atoms with Crippen LogP contribution in [0.4, 0.5) is 5.69 Å². The van der Waals surface area contributed by atoms with Crippen molar-refractivity contribution in [2.45, 2.75) is 86.5 Å². The molecule has 0 saturated carbocycles. The molecule has 55 heavy (non-hydrogen) atoms. The number of fused-ring (bicyclic) bond motifs is 2. The highest BCUT2D eigenvalue weighted by molar-refractivity contribution is 7.24. The molecule has 0 atom stereocenters. The van der Waals surface area contributed by atoms with E-state index in [0.717, 1.165) is 49.4 Å². The molecule has 9 rings (SSSR count). The molecule has 0 radical (unpaired) electrons. The van der Waals surface area contributed by atoms with E-state index < -0.39 is 0 Å². The van der Waals surface area contributed by atoms with Crippen LogP contribution < -0.4 is 4.90 Å². The zero-order chi connectivity index (χ0) is 38.5. The van der Waals surface area contributed by atoms with E-state index in [-0.39, 0.29) is 17.7 Å². The largest absolute Gasteiger partial charge is 0.268 e. The summed E-state index contributed by atoms with van der Waals surface area (Å²) in [5.74, 6) is 0.484. The van der Waals surface area contributed by atoms with Gasteiger partial charge in [-0.15, -0.1) is 22.7 Å². The molecule has 6 aromatic carbocycles. The fraction of sp³-hybridized carbons (Fsp3) is 0.280. The summed E-state index contributed by atoms with van der Waals surface area (Å²) in [7, 11) is 0. The number of hydrogen-bond acceptors (Lipinski definition) is 4. The van der Waals surface area contributed by atoms with Crippen molar-refractivity contribution < 1.29 is 9.59 Å². The van der Waals surface area contributed by atoms with E-state index in [1.165, 1.54) is 72.8 Å². The van der Waals surface area contributed by atoms with E-state index in [0.29, 0.717) is 16.8 Å². The van der Waals surface area contributed by atoms with E-state index >= 15 is 0 Å². The quantitative estimate of drug-likeness (QED) is 0.0636. The zero-order valence-electron chi connectivity index (χ0n) is 33.0. The number of unbranched alkanes of at least 4 members (excludes halogenated alkanes) is 3. The first-order valence-electron chi connectivity index (χ1n) is 19.9. The van der Waals surface area contributed by atoms with Crippen molar-refractivity contribution in [3.8, 4) is 20.2 Å². The zero-order valence-corrected chi connectivity index (χ0v) is 34.6. The molecule has 0 bridgehead atoms. The van der Waals surface area contributed by atoms with Crippen LogP contribution in [0.2, 0.25) is 0 Å². The summed E-state index contributed by atoms with van der Waals surface area (Å²) < 4.78 is 0. The van der Waals surface area contributed by atoms with Gasteiger partial charge in [-0.2, -0.15) is 0 Å². The molecule has 3 heterocycles. The Balaban J connectivity index is 0.00000102. The normalized spacial score (nSPS) is 13.0. The number of para-hydroxylation sites is 1. The van der Waals surface area contributed by atoms with Crippen molar-refractivity contribution in [3.05, 3.63) is 124 Å². The van der Waals surface area contributed by atoms with Crippen LogP contribution in [0.5, 0.6) is 0 Å². The highest BCUT2D eigenvalue weighted by Crippen LogP contribution is 2.48. The summed E-state index contributed by atoms with van der Waals surface area (Å²) >= 11 is 3.80. The van der Waals surface area contributed by atoms with E-state index in [1.54, 1.807) is 0 Å². The maximum atomic E-state index is 14.4. The Kier molecular flexibility index (Phi) is 10.1. The summed E-state index contributed by atoms with van der Waals surface area (Å²) in [6, 6.07) is 34.3. The van der Waals surface area contributed by atoms with Crippen molar-refractivity contribution in [1.29, 1.82) is 0 Å². The number of anilines is 1. The molecule has 278 valence electrons. The number of carbonyl (C=O) groups excluding carboxylic acids is 2. The van der Waals surface area contributed by atoms with Gasteiger partial charge in [-0.25, -0.2) is 4.90 Å². The molecule has 0 fully saturated rings. The molecule has 0 saturated heterocycles. The van der Waals surface area contributed by atoms with Crippen LogP contribution >= 0.6 is 22.7 Å². The van der Waals surface area contributed by atoms with Gasteiger partial charge in [0.25, 0.3) is 11.8 Å². The average Bonchev–Trinajstić information content (AvgIpc) is 3.85. The number of rotatable bonds is 9. The second-order valence-corrected chi connectivity index (χ2v) is 18.3. The minimum Gasteiger partial charge on any atom is -0.268 e. The monoisotopic (exact) mass is 759 g/mol. The summed E-state index contributed by atoms with van der Waals surface area (Å²) in [5.41, 5.74) is 5.03. The lowest BCUT2D eigenvalue weighted by molar-refractivity contribution is 0.0893. The minimum atomic E-state index is -0.255. The van der Waals surface area contributed by atoms with Crippen molar-refractivity contribution in [3.63, 3.8) is 0 Å². The number of imide groups is 1. The number of nitrogens with zero attached hydrogens (tertiary/aromatic N) is 1. The Bertz CT molecular complexity index is 2650. The minimum absolute atomic E-state index is 0.161. The highest BCUT2D eigenvalue weighted by Gasteiger charge is 2.37. The summed E-state index contributed by atoms with van der Waals surface area (Å²) in [6.45, 7) is 15.0. The van der Waals surface area contributed by atoms with Crippen molar-refractivity contribution in [2.24, 2.45) is 5.92 Å². The van der Waals surface area contributed by atoms with E-state index in [2.05, 4.69) is 108 Å². The predicted molar refractivity (Wildman–Crippen MR) is 239 cm³/mol. The van der Waals surface area contributed by atoms with Gasteiger partial charge in [-0.1, -0.05) is 121 Å². The molecule has 3 nitrogen and oxygen atoms in total. The van der Waals surface area contributed by atoms with Crippen LogP contribution in [-0.4, -0.2) is 11.8 Å². The van der Waals surface area contributed by atoms with E-state index in [4.69, 9.17) is 0 Å². The average molecular weight is 760 g/mol. The Morgan fingerprint density at radius 2 is 1.11 bits per heavy atom. The highest BCUT2D eigenvalue weighted by atomic mass is 32.1. The lowest BCUT2D eigenvalue weighted by Gasteiger charge is -2.31. The van der Waals surface area contributed by atoms with Crippen molar-refractivity contribution in [1.82, 2.24) is 0 Å². The standard InChI is InChI=1S/C46H39NO2S2.C4H10/c1-5-6-7-8-12-28-16-23-39(50-28)40-25-24-38(51-40)30-17-18-33-35-20-22-37-43-36(21-19-34(42(35)43)32-15-10-14-31(30)41(32)33)45(48)47(46(37)49)44-27(4)11-9-13-29(44)26(2)3;1-4(2)3/h9-11,13-26H,5-8,12H2,1-4H3;4H,1-3H3. The number of carbonyl (C=O) groups is 2. The number of benzene rings is 6. The first-order chi connectivity index (χ1) is 26.6. The molecule has 1 aliphatic rings. The Hall–Kier alpha value is -4.84. The van der Waals surface area contributed by atoms with Crippen LogP contribution in [0, 0.1) is 12.8 Å². The number of thiophene rings is 2. The third-order valence-electron chi connectivity index (χ3n) is 10.8. The molecule has 2 amide bonds. The molecule has 2 aromatic heterocycles. The van der Waals surface area contributed by atoms with Gasteiger partial charge in [-0.3, -0.25) is 9.59 Å². The number of aryl methyl sites for hydroxylation is 2. The van der Waals surface area contributed by atoms with Gasteiger partial charge >= 0.3 is 0 Å². The first-order valence-corrected chi connectivity index (χ1v) is 21.6. The fourth-order valence-corrected chi connectivity index (χ4v) is 10.5. The smallest absolute Gasteiger partial charge is 0.266 e. The molecule has 0 aliphatic carbocycles. The van der Waals surface area contributed by atoms with Crippen LogP contribution in [0.1, 0.15) is 110 Å². The topological polar surface area (TPSA) is 37.4 Å². The van der Waals surface area contributed by atoms with Crippen molar-refractivity contribution in [2.75, 3.05) is 4.90 Å². The summed E-state index contributed by atoms with van der Waals surface area (Å²) in [4.78, 5) is 35.6. The van der Waals surface area contributed by atoms with Crippen LogP contribution in [0.25, 0.3) is 63.3 Å². The Labute approximate surface area is 333 Å². The molecule has 5 heteroatoms. The van der Waals surface area contributed by atoms with Crippen LogP contribution in [-0.2, 0) is 6.42 Å². The van der Waals surface area contributed by atoms with Gasteiger partial charge in [0, 0.05) is 36.0 Å². The third kappa shape index (κ3) is 6.45. The fourth-order valence-electron chi connectivity index (χ4n) is 8.35. The van der Waals surface area contributed by atoms with Gasteiger partial charge in [-0.05, 0) is 122 Å². The van der Waals surface area contributed by atoms with Gasteiger partial charge < -0.3 is 0 Å². The lowest BCUT2D eigenvalue weighted by Crippen LogP contribution is -2.41. The summed E-state index contributed by atoms with van der Waals surface area (Å²) in [5, 5.41) is 8.65. The van der Waals surface area contributed by atoms with Gasteiger partial charge in [0.15, 0.2) is 0 Å². The Morgan fingerprint density at radius 3 is 1.78 bits per heavy atom. The third-order valence-corrected chi connectivity index (χ3v) is 13.3. The van der Waals surface area contributed by atoms with Gasteiger partial charge in [0.2, 0.25) is 0 Å². The number of hydrogen-bond donors (Lipinski definition) is 0. The Morgan fingerprint density at radius 1 is 0.545 bits per heavy atom. The van der Waals surface area contributed by atoms with Crippen LogP contribution in [0.3, 0.4) is 0 Å². The van der Waals surface area contributed by atoms with Gasteiger partial charge in [0.1, 0.15) is 0 Å². The summed E-state index contributed by atoms with van der Waals surface area (Å²) in [6.07, 6.45) is 6.32. The first kappa shape index (κ1) is 37.1. The maximum absolute atomic E-state index is 14.4. The van der Waals surface area contributed by atoms with E-state index in [9.17, 15) is 9.59 Å². The van der Waals surface area contributed by atoms with E-state index in [1.807, 2.05) is 59.9 Å². The SMILES string of the molecule is CC(C)C.CCCCCCc1ccc(-c2ccc(-c3ccc4c5ccc6c7c(ccc(c8cccc3c84)c75)C(=O)N(c3c(C)cccc3C(C)C)C6=O)s2)s1. The second kappa shape index (κ2) is 15.0. The molecule has 0 unspecified atom stereocenters. The van der Waals surface area contributed by atoms with Crippen molar-refractivity contribution >= 4 is 83.3 Å². The lowest BCUT2D eigenvalue weighted by atomic mass is 9.83. The van der Waals surface area contributed by atoms with Crippen LogP contribution in [0.15, 0.2) is 97.1 Å². The van der Waals surface area contributed by atoms with Gasteiger partial charge in [0.05, 0.1) is 5.69 Å². The molecule has 0 spiro atoms. The predicted octanol–water partition coefficient (Wildman–Crippen LogP) is 15.2. The number of amides is 2. The molecule has 1 aliphatic heterocycles. The second-order valence-electron chi connectivity index (χ2n) is 16.0.